The zero-order valence-electron chi connectivity index (χ0n) is 7.74. The van der Waals surface area contributed by atoms with Gasteiger partial charge in [0.15, 0.2) is 0 Å². The molecular weight excluding hydrogens is 212 g/mol. The van der Waals surface area contributed by atoms with E-state index in [0.717, 1.165) is 6.42 Å². The summed E-state index contributed by atoms with van der Waals surface area (Å²) in [6, 6.07) is 12.6. The van der Waals surface area contributed by atoms with Crippen molar-refractivity contribution in [1.82, 2.24) is 0 Å². The Morgan fingerprint density at radius 3 is 2.43 bits per heavy atom. The van der Waals surface area contributed by atoms with Crippen molar-refractivity contribution in [3.8, 4) is 0 Å². The minimum Gasteiger partial charge on any atom is -0.149 e. The first-order valence-electron chi connectivity index (χ1n) is 4.55. The van der Waals surface area contributed by atoms with E-state index in [0.29, 0.717) is 5.88 Å². The second-order valence-electron chi connectivity index (χ2n) is 3.16. The fraction of sp³-hybridized carbons (Fsp3) is 0.167. The highest BCUT2D eigenvalue weighted by atomic mass is 35.5. The molecule has 0 amide bonds. The zero-order chi connectivity index (χ0) is 9.80. The second kappa shape index (κ2) is 4.63. The van der Waals surface area contributed by atoms with Gasteiger partial charge in [0.25, 0.3) is 0 Å². The Balaban J connectivity index is 2.24. The largest absolute Gasteiger partial charge is 0.149 e. The molecule has 0 aliphatic rings. The quantitative estimate of drug-likeness (QED) is 0.687. The van der Waals surface area contributed by atoms with Crippen molar-refractivity contribution >= 4 is 22.9 Å². The lowest BCUT2D eigenvalue weighted by atomic mass is 10.1. The smallest absolute Gasteiger partial charge is 0.0476 e. The molecule has 14 heavy (non-hydrogen) atoms. The van der Waals surface area contributed by atoms with Crippen molar-refractivity contribution in [3.63, 3.8) is 0 Å². The van der Waals surface area contributed by atoms with Gasteiger partial charge in [-0.3, -0.25) is 0 Å². The number of benzene rings is 1. The molecule has 0 fully saturated rings. The zero-order valence-corrected chi connectivity index (χ0v) is 9.31. The molecule has 0 radical (unpaired) electrons. The van der Waals surface area contributed by atoms with E-state index >= 15 is 0 Å². The van der Waals surface area contributed by atoms with Crippen LogP contribution < -0.4 is 0 Å². The summed E-state index contributed by atoms with van der Waals surface area (Å²) in [4.78, 5) is 1.39. The molecule has 2 aromatic rings. The molecule has 0 atom stereocenters. The minimum atomic E-state index is 0.599. The van der Waals surface area contributed by atoms with Crippen LogP contribution in [0.1, 0.15) is 16.0 Å². The van der Waals surface area contributed by atoms with E-state index < -0.39 is 0 Å². The predicted molar refractivity (Wildman–Crippen MR) is 63.1 cm³/mol. The Labute approximate surface area is 93.2 Å². The number of rotatable bonds is 3. The lowest BCUT2D eigenvalue weighted by Crippen LogP contribution is -1.90. The summed E-state index contributed by atoms with van der Waals surface area (Å²) in [6.07, 6.45) is 1.00. The van der Waals surface area contributed by atoms with E-state index in [-0.39, 0.29) is 0 Å². The van der Waals surface area contributed by atoms with Crippen molar-refractivity contribution in [3.05, 3.63) is 57.8 Å². The number of halogens is 1. The highest BCUT2D eigenvalue weighted by Crippen LogP contribution is 2.18. The summed E-state index contributed by atoms with van der Waals surface area (Å²) in [5.74, 6) is 0.599. The maximum Gasteiger partial charge on any atom is 0.0476 e. The maximum atomic E-state index is 5.88. The molecule has 1 heterocycles. The van der Waals surface area contributed by atoms with Crippen LogP contribution in [0.15, 0.2) is 41.8 Å². The van der Waals surface area contributed by atoms with Gasteiger partial charge in [0, 0.05) is 17.2 Å². The fourth-order valence-electron chi connectivity index (χ4n) is 1.46. The van der Waals surface area contributed by atoms with Crippen LogP contribution >= 0.6 is 22.9 Å². The molecule has 0 saturated carbocycles. The van der Waals surface area contributed by atoms with E-state index in [2.05, 4.69) is 35.7 Å². The van der Waals surface area contributed by atoms with Crippen molar-refractivity contribution in [1.29, 1.82) is 0 Å². The number of alkyl halides is 1. The summed E-state index contributed by atoms with van der Waals surface area (Å²) in [5.41, 5.74) is 2.58. The van der Waals surface area contributed by atoms with Crippen LogP contribution in [-0.2, 0) is 12.3 Å². The molecule has 0 aliphatic carbocycles. The first-order valence-corrected chi connectivity index (χ1v) is 5.96. The SMILES string of the molecule is ClCc1ccccc1Cc1cccs1. The molecule has 0 saturated heterocycles. The average Bonchev–Trinajstić information content (AvgIpc) is 2.71. The first kappa shape index (κ1) is 9.75. The molecule has 2 rings (SSSR count). The van der Waals surface area contributed by atoms with Gasteiger partial charge in [-0.05, 0) is 22.6 Å². The van der Waals surface area contributed by atoms with Crippen molar-refractivity contribution < 1.29 is 0 Å². The van der Waals surface area contributed by atoms with Crippen molar-refractivity contribution in [2.75, 3.05) is 0 Å². The molecular formula is C12H11ClS. The Bertz CT molecular complexity index is 392. The molecule has 2 heteroatoms. The first-order chi connectivity index (χ1) is 6.90. The van der Waals surface area contributed by atoms with Gasteiger partial charge >= 0.3 is 0 Å². The second-order valence-corrected chi connectivity index (χ2v) is 4.46. The Morgan fingerprint density at radius 2 is 1.79 bits per heavy atom. The fourth-order valence-corrected chi connectivity index (χ4v) is 2.45. The standard InChI is InChI=1S/C12H11ClS/c13-9-11-5-2-1-4-10(11)8-12-6-3-7-14-12/h1-7H,8-9H2. The van der Waals surface area contributed by atoms with Crippen LogP contribution in [0.25, 0.3) is 0 Å². The summed E-state index contributed by atoms with van der Waals surface area (Å²) < 4.78 is 0. The van der Waals surface area contributed by atoms with Gasteiger partial charge in [0.2, 0.25) is 0 Å². The van der Waals surface area contributed by atoms with Gasteiger partial charge in [-0.2, -0.15) is 0 Å². The monoisotopic (exact) mass is 222 g/mol. The number of hydrogen-bond donors (Lipinski definition) is 0. The third-order valence-electron chi connectivity index (χ3n) is 2.21. The van der Waals surface area contributed by atoms with Gasteiger partial charge in [0.1, 0.15) is 0 Å². The van der Waals surface area contributed by atoms with Gasteiger partial charge in [0.05, 0.1) is 0 Å². The highest BCUT2D eigenvalue weighted by molar-refractivity contribution is 7.09. The third kappa shape index (κ3) is 2.17. The van der Waals surface area contributed by atoms with Crippen molar-refractivity contribution in [2.24, 2.45) is 0 Å². The summed E-state index contributed by atoms with van der Waals surface area (Å²) >= 11 is 7.67. The van der Waals surface area contributed by atoms with Gasteiger partial charge in [-0.15, -0.1) is 22.9 Å². The number of thiophene rings is 1. The normalized spacial score (nSPS) is 10.4. The van der Waals surface area contributed by atoms with E-state index in [1.54, 1.807) is 11.3 Å². The Hall–Kier alpha value is -0.790. The third-order valence-corrected chi connectivity index (χ3v) is 3.37. The van der Waals surface area contributed by atoms with E-state index in [1.807, 2.05) is 6.07 Å². The molecule has 0 bridgehead atoms. The molecule has 72 valence electrons. The van der Waals surface area contributed by atoms with Crippen LogP contribution in [0.5, 0.6) is 0 Å². The molecule has 0 aliphatic heterocycles. The van der Waals surface area contributed by atoms with Gasteiger partial charge in [-0.25, -0.2) is 0 Å². The van der Waals surface area contributed by atoms with E-state index in [4.69, 9.17) is 11.6 Å². The molecule has 1 aromatic heterocycles. The highest BCUT2D eigenvalue weighted by Gasteiger charge is 2.01. The van der Waals surface area contributed by atoms with Crippen LogP contribution in [-0.4, -0.2) is 0 Å². The van der Waals surface area contributed by atoms with Crippen LogP contribution in [0.3, 0.4) is 0 Å². The Kier molecular flexibility index (Phi) is 3.22. The summed E-state index contributed by atoms with van der Waals surface area (Å²) in [7, 11) is 0. The molecule has 0 N–H and O–H groups in total. The van der Waals surface area contributed by atoms with Crippen LogP contribution in [0, 0.1) is 0 Å². The summed E-state index contributed by atoms with van der Waals surface area (Å²) in [5, 5.41) is 2.11. The molecule has 0 unspecified atom stereocenters. The van der Waals surface area contributed by atoms with Gasteiger partial charge < -0.3 is 0 Å². The van der Waals surface area contributed by atoms with Crippen LogP contribution in [0.4, 0.5) is 0 Å². The Morgan fingerprint density at radius 1 is 1.00 bits per heavy atom. The lowest BCUT2D eigenvalue weighted by Gasteiger charge is -2.04. The van der Waals surface area contributed by atoms with Crippen molar-refractivity contribution in [2.45, 2.75) is 12.3 Å². The van der Waals surface area contributed by atoms with Gasteiger partial charge in [-0.1, -0.05) is 30.3 Å². The molecule has 1 aromatic carbocycles. The predicted octanol–water partition coefficient (Wildman–Crippen LogP) is 4.08. The van der Waals surface area contributed by atoms with Crippen LogP contribution in [0.2, 0.25) is 0 Å². The number of hydrogen-bond acceptors (Lipinski definition) is 1. The topological polar surface area (TPSA) is 0 Å². The summed E-state index contributed by atoms with van der Waals surface area (Å²) in [6.45, 7) is 0. The maximum absolute atomic E-state index is 5.88. The van der Waals surface area contributed by atoms with E-state index in [9.17, 15) is 0 Å². The van der Waals surface area contributed by atoms with E-state index in [1.165, 1.54) is 16.0 Å². The average molecular weight is 223 g/mol. The molecule has 0 spiro atoms. The lowest BCUT2D eigenvalue weighted by molar-refractivity contribution is 1.18. The minimum absolute atomic E-state index is 0.599. The molecule has 0 nitrogen and oxygen atoms in total.